The van der Waals surface area contributed by atoms with Gasteiger partial charge < -0.3 is 14.4 Å². The molecule has 11 heteroatoms. The Morgan fingerprint density at radius 1 is 0.935 bits per heavy atom. The molecule has 0 bridgehead atoms. The van der Waals surface area contributed by atoms with Crippen molar-refractivity contribution < 1.29 is 31.1 Å². The molecule has 0 radical (unpaired) electrons. The third kappa shape index (κ3) is 6.74. The third-order valence-corrected chi connectivity index (χ3v) is 6.37. The Morgan fingerprint density at radius 3 is 2.06 bits per heavy atom. The van der Waals surface area contributed by atoms with Crippen molar-refractivity contribution in [1.82, 2.24) is 9.62 Å². The SMILES string of the molecule is COc1ccc(N2CCN(CCNS(=O)(=O)c3ccc(OC(F)(F)F)cc3)CC2)cc1. The lowest BCUT2D eigenvalue weighted by molar-refractivity contribution is -0.274. The van der Waals surface area contributed by atoms with Gasteiger partial charge in [-0.3, -0.25) is 4.90 Å². The number of nitrogens with one attached hydrogen (secondary N) is 1. The van der Waals surface area contributed by atoms with Gasteiger partial charge >= 0.3 is 6.36 Å². The third-order valence-electron chi connectivity index (χ3n) is 4.90. The summed E-state index contributed by atoms with van der Waals surface area (Å²) >= 11 is 0. The van der Waals surface area contributed by atoms with E-state index in [-0.39, 0.29) is 11.4 Å². The van der Waals surface area contributed by atoms with Crippen molar-refractivity contribution >= 4 is 15.7 Å². The zero-order valence-electron chi connectivity index (χ0n) is 16.9. The van der Waals surface area contributed by atoms with Crippen LogP contribution in [0.25, 0.3) is 0 Å². The quantitative estimate of drug-likeness (QED) is 0.655. The fourth-order valence-corrected chi connectivity index (χ4v) is 4.29. The van der Waals surface area contributed by atoms with Crippen LogP contribution in [0.5, 0.6) is 11.5 Å². The van der Waals surface area contributed by atoms with Gasteiger partial charge in [-0.05, 0) is 48.5 Å². The Hall–Kier alpha value is -2.50. The van der Waals surface area contributed by atoms with Gasteiger partial charge in [0.25, 0.3) is 0 Å². The van der Waals surface area contributed by atoms with Crippen LogP contribution in [0.2, 0.25) is 0 Å². The summed E-state index contributed by atoms with van der Waals surface area (Å²) in [6.07, 6.45) is -4.82. The van der Waals surface area contributed by atoms with E-state index in [1.165, 1.54) is 0 Å². The molecule has 1 aliphatic rings. The Kier molecular flexibility index (Phi) is 7.29. The minimum Gasteiger partial charge on any atom is -0.497 e. The predicted molar refractivity (Wildman–Crippen MR) is 110 cm³/mol. The van der Waals surface area contributed by atoms with E-state index in [0.717, 1.165) is 61.9 Å². The summed E-state index contributed by atoms with van der Waals surface area (Å²) in [6.45, 7) is 3.95. The predicted octanol–water partition coefficient (Wildman–Crippen LogP) is 2.69. The molecule has 0 spiro atoms. The zero-order chi connectivity index (χ0) is 22.5. The molecular weight excluding hydrogens is 435 g/mol. The molecule has 0 amide bonds. The van der Waals surface area contributed by atoms with Gasteiger partial charge in [0.1, 0.15) is 11.5 Å². The molecule has 0 aliphatic carbocycles. The highest BCUT2D eigenvalue weighted by atomic mass is 32.2. The fraction of sp³-hybridized carbons (Fsp3) is 0.400. The molecule has 0 aromatic heterocycles. The maximum atomic E-state index is 12.3. The van der Waals surface area contributed by atoms with E-state index in [4.69, 9.17) is 4.74 Å². The molecule has 170 valence electrons. The van der Waals surface area contributed by atoms with E-state index in [1.807, 2.05) is 24.3 Å². The molecule has 2 aromatic carbocycles. The number of alkyl halides is 3. The molecule has 0 unspecified atom stereocenters. The van der Waals surface area contributed by atoms with E-state index in [1.54, 1.807) is 7.11 Å². The topological polar surface area (TPSA) is 71.1 Å². The van der Waals surface area contributed by atoms with Crippen molar-refractivity contribution in [2.24, 2.45) is 0 Å². The van der Waals surface area contributed by atoms with Crippen LogP contribution in [0.4, 0.5) is 18.9 Å². The van der Waals surface area contributed by atoms with Crippen LogP contribution in [0.3, 0.4) is 0 Å². The number of nitrogens with zero attached hydrogens (tertiary/aromatic N) is 2. The Labute approximate surface area is 179 Å². The maximum absolute atomic E-state index is 12.3. The molecule has 3 rings (SSSR count). The molecular formula is C20H24F3N3O4S. The van der Waals surface area contributed by atoms with E-state index >= 15 is 0 Å². The summed E-state index contributed by atoms with van der Waals surface area (Å²) in [5.41, 5.74) is 1.11. The van der Waals surface area contributed by atoms with Crippen LogP contribution in [-0.2, 0) is 10.0 Å². The van der Waals surface area contributed by atoms with Gasteiger partial charge in [0.2, 0.25) is 10.0 Å². The molecule has 1 N–H and O–H groups in total. The first-order valence-electron chi connectivity index (χ1n) is 9.63. The highest BCUT2D eigenvalue weighted by molar-refractivity contribution is 7.89. The average molecular weight is 459 g/mol. The Morgan fingerprint density at radius 2 is 1.52 bits per heavy atom. The molecule has 2 aromatic rings. The van der Waals surface area contributed by atoms with Crippen LogP contribution in [0, 0.1) is 0 Å². The number of rotatable bonds is 8. The van der Waals surface area contributed by atoms with Gasteiger partial charge in [-0.15, -0.1) is 13.2 Å². The molecule has 1 saturated heterocycles. The first kappa shape index (κ1) is 23.2. The van der Waals surface area contributed by atoms with Crippen molar-refractivity contribution in [1.29, 1.82) is 0 Å². The monoisotopic (exact) mass is 459 g/mol. The van der Waals surface area contributed by atoms with Crippen molar-refractivity contribution in [3.8, 4) is 11.5 Å². The normalized spacial score (nSPS) is 15.7. The molecule has 1 fully saturated rings. The largest absolute Gasteiger partial charge is 0.573 e. The first-order valence-corrected chi connectivity index (χ1v) is 11.1. The Bertz CT molecular complexity index is 943. The number of halogens is 3. The average Bonchev–Trinajstić information content (AvgIpc) is 2.73. The van der Waals surface area contributed by atoms with Crippen molar-refractivity contribution in [3.63, 3.8) is 0 Å². The summed E-state index contributed by atoms with van der Waals surface area (Å²) in [5, 5.41) is 0. The van der Waals surface area contributed by atoms with Gasteiger partial charge in [-0.1, -0.05) is 0 Å². The van der Waals surface area contributed by atoms with Gasteiger partial charge in [-0.25, -0.2) is 13.1 Å². The fourth-order valence-electron chi connectivity index (χ4n) is 3.26. The van der Waals surface area contributed by atoms with Gasteiger partial charge in [0.15, 0.2) is 0 Å². The number of hydrogen-bond acceptors (Lipinski definition) is 6. The molecule has 1 heterocycles. The molecule has 0 saturated carbocycles. The zero-order valence-corrected chi connectivity index (χ0v) is 17.7. The first-order chi connectivity index (χ1) is 14.7. The lowest BCUT2D eigenvalue weighted by Crippen LogP contribution is -2.48. The summed E-state index contributed by atoms with van der Waals surface area (Å²) in [4.78, 5) is 4.29. The second-order valence-corrected chi connectivity index (χ2v) is 8.71. The summed E-state index contributed by atoms with van der Waals surface area (Å²) < 4.78 is 72.7. The molecule has 0 atom stereocenters. The second kappa shape index (κ2) is 9.75. The van der Waals surface area contributed by atoms with Crippen LogP contribution >= 0.6 is 0 Å². The molecule has 31 heavy (non-hydrogen) atoms. The second-order valence-electron chi connectivity index (χ2n) is 6.94. The number of hydrogen-bond donors (Lipinski definition) is 1. The number of anilines is 1. The smallest absolute Gasteiger partial charge is 0.497 e. The lowest BCUT2D eigenvalue weighted by Gasteiger charge is -2.36. The van der Waals surface area contributed by atoms with E-state index in [2.05, 4.69) is 19.3 Å². The van der Waals surface area contributed by atoms with Crippen LogP contribution < -0.4 is 19.1 Å². The summed E-state index contributed by atoms with van der Waals surface area (Å²) in [5.74, 6) is 0.332. The highest BCUT2D eigenvalue weighted by Crippen LogP contribution is 2.24. The number of ether oxygens (including phenoxy) is 2. The summed E-state index contributed by atoms with van der Waals surface area (Å²) in [6, 6.07) is 12.0. The van der Waals surface area contributed by atoms with Crippen molar-refractivity contribution in [2.75, 3.05) is 51.3 Å². The molecule has 7 nitrogen and oxygen atoms in total. The minimum atomic E-state index is -4.82. The number of sulfonamides is 1. The number of piperazine rings is 1. The minimum absolute atomic E-state index is 0.119. The van der Waals surface area contributed by atoms with E-state index < -0.39 is 22.1 Å². The van der Waals surface area contributed by atoms with E-state index in [0.29, 0.717) is 6.54 Å². The van der Waals surface area contributed by atoms with Crippen molar-refractivity contribution in [2.45, 2.75) is 11.3 Å². The van der Waals surface area contributed by atoms with Crippen LogP contribution in [0.1, 0.15) is 0 Å². The van der Waals surface area contributed by atoms with Crippen LogP contribution in [0.15, 0.2) is 53.4 Å². The standard InChI is InChI=1S/C20H24F3N3O4S/c1-29-17-4-2-16(3-5-17)26-14-12-25(13-15-26)11-10-24-31(27,28)19-8-6-18(7-9-19)30-20(21,22)23/h2-9,24H,10-15H2,1H3. The summed E-state index contributed by atoms with van der Waals surface area (Å²) in [7, 11) is -2.19. The van der Waals surface area contributed by atoms with Crippen LogP contribution in [-0.4, -0.2) is 66.1 Å². The molecule has 1 aliphatic heterocycles. The Balaban J connectivity index is 1.44. The van der Waals surface area contributed by atoms with Gasteiger partial charge in [0, 0.05) is 45.0 Å². The van der Waals surface area contributed by atoms with Gasteiger partial charge in [-0.2, -0.15) is 0 Å². The maximum Gasteiger partial charge on any atom is 0.573 e. The lowest BCUT2D eigenvalue weighted by atomic mass is 10.2. The highest BCUT2D eigenvalue weighted by Gasteiger charge is 2.31. The number of methoxy groups -OCH3 is 1. The number of benzene rings is 2. The van der Waals surface area contributed by atoms with E-state index in [9.17, 15) is 21.6 Å². The van der Waals surface area contributed by atoms with Gasteiger partial charge in [0.05, 0.1) is 12.0 Å². The van der Waals surface area contributed by atoms with Crippen molar-refractivity contribution in [3.05, 3.63) is 48.5 Å².